The van der Waals surface area contributed by atoms with Crippen LogP contribution in [0.1, 0.15) is 32.6 Å². The maximum Gasteiger partial charge on any atom is 0.334 e. The number of fused-ring (bicyclic) bond motifs is 1. The third-order valence-electron chi connectivity index (χ3n) is 3.96. The molecule has 0 aromatic rings. The lowest BCUT2D eigenvalue weighted by Crippen LogP contribution is -2.20. The molecule has 0 bridgehead atoms. The quantitative estimate of drug-likeness (QED) is 0.260. The highest BCUT2D eigenvalue weighted by Crippen LogP contribution is 2.35. The van der Waals surface area contributed by atoms with Gasteiger partial charge in [-0.15, -0.1) is 0 Å². The molecule has 2 rings (SSSR count). The number of allylic oxidation sites excluding steroid dienone is 1. The zero-order chi connectivity index (χ0) is 14.0. The number of carbonyl (C=O) groups excluding carboxylic acids is 1. The van der Waals surface area contributed by atoms with Crippen LogP contribution in [-0.4, -0.2) is 23.4 Å². The monoisotopic (exact) mass is 264 g/mol. The summed E-state index contributed by atoms with van der Waals surface area (Å²) in [5, 5.41) is 8.93. The molecule has 0 unspecified atom stereocenters. The van der Waals surface area contributed by atoms with Crippen molar-refractivity contribution >= 4 is 5.97 Å². The summed E-state index contributed by atoms with van der Waals surface area (Å²) in [6.45, 7) is 9.78. The molecule has 1 aliphatic carbocycles. The van der Waals surface area contributed by atoms with Crippen molar-refractivity contribution in [1.82, 2.24) is 0 Å². The van der Waals surface area contributed by atoms with E-state index >= 15 is 0 Å². The van der Waals surface area contributed by atoms with Crippen LogP contribution in [0.4, 0.5) is 0 Å². The lowest BCUT2D eigenvalue weighted by molar-refractivity contribution is -0.270. The van der Waals surface area contributed by atoms with Crippen LogP contribution in [0.25, 0.3) is 0 Å². The standard InChI is InChI=1S/C15H20O4/c1-9-4-7-13(19-17)10(2)5-6-12-11(3)15(16)18-14(12)8-9/h8,12-14,17H,2-7H2,1H3/b9-8+/t12-,13+,14-/m0/s1. The molecule has 0 saturated carbocycles. The Morgan fingerprint density at radius 2 is 2.11 bits per heavy atom. The van der Waals surface area contributed by atoms with Crippen LogP contribution in [0.5, 0.6) is 0 Å². The van der Waals surface area contributed by atoms with Crippen molar-refractivity contribution in [2.45, 2.75) is 44.8 Å². The summed E-state index contributed by atoms with van der Waals surface area (Å²) in [5.41, 5.74) is 2.50. The number of rotatable bonds is 1. The molecule has 1 aliphatic heterocycles. The number of esters is 1. The highest BCUT2D eigenvalue weighted by molar-refractivity contribution is 5.91. The van der Waals surface area contributed by atoms with Crippen molar-refractivity contribution in [1.29, 1.82) is 0 Å². The van der Waals surface area contributed by atoms with E-state index in [1.165, 1.54) is 0 Å². The Hall–Kier alpha value is -1.39. The molecular formula is C15H20O4. The first-order valence-electron chi connectivity index (χ1n) is 6.58. The van der Waals surface area contributed by atoms with Crippen LogP contribution in [-0.2, 0) is 14.4 Å². The molecule has 104 valence electrons. The van der Waals surface area contributed by atoms with Gasteiger partial charge in [0.05, 0.1) is 0 Å². The van der Waals surface area contributed by atoms with Crippen LogP contribution < -0.4 is 0 Å². The summed E-state index contributed by atoms with van der Waals surface area (Å²) in [6, 6.07) is 0. The summed E-state index contributed by atoms with van der Waals surface area (Å²) in [5.74, 6) is -0.310. The smallest absolute Gasteiger partial charge is 0.334 e. The van der Waals surface area contributed by atoms with Crippen molar-refractivity contribution in [3.8, 4) is 0 Å². The van der Waals surface area contributed by atoms with Crippen molar-refractivity contribution in [3.63, 3.8) is 0 Å². The summed E-state index contributed by atoms with van der Waals surface area (Å²) < 4.78 is 5.34. The maximum absolute atomic E-state index is 11.6. The predicted molar refractivity (Wildman–Crippen MR) is 71.4 cm³/mol. The molecule has 0 amide bonds. The van der Waals surface area contributed by atoms with Gasteiger partial charge in [0.25, 0.3) is 0 Å². The van der Waals surface area contributed by atoms with E-state index in [0.717, 1.165) is 24.0 Å². The van der Waals surface area contributed by atoms with Crippen molar-refractivity contribution in [3.05, 3.63) is 36.0 Å². The number of ether oxygens (including phenoxy) is 1. The molecule has 1 saturated heterocycles. The van der Waals surface area contributed by atoms with E-state index < -0.39 is 0 Å². The first kappa shape index (κ1) is 14.0. The Bertz CT molecular complexity index is 435. The maximum atomic E-state index is 11.6. The molecule has 19 heavy (non-hydrogen) atoms. The van der Waals surface area contributed by atoms with Gasteiger partial charge in [-0.25, -0.2) is 9.68 Å². The van der Waals surface area contributed by atoms with E-state index in [2.05, 4.69) is 18.0 Å². The van der Waals surface area contributed by atoms with E-state index in [0.29, 0.717) is 18.4 Å². The topological polar surface area (TPSA) is 55.8 Å². The van der Waals surface area contributed by atoms with E-state index in [-0.39, 0.29) is 24.1 Å². The van der Waals surface area contributed by atoms with Crippen molar-refractivity contribution in [2.24, 2.45) is 5.92 Å². The Balaban J connectivity index is 2.22. The van der Waals surface area contributed by atoms with Crippen LogP contribution in [0.15, 0.2) is 36.0 Å². The summed E-state index contributed by atoms with van der Waals surface area (Å²) >= 11 is 0. The lowest BCUT2D eigenvalue weighted by atomic mass is 9.86. The minimum Gasteiger partial charge on any atom is -0.454 e. The second kappa shape index (κ2) is 5.72. The highest BCUT2D eigenvalue weighted by Gasteiger charge is 2.37. The number of carbonyl (C=O) groups is 1. The molecule has 4 heteroatoms. The zero-order valence-corrected chi connectivity index (χ0v) is 11.2. The molecule has 0 aromatic carbocycles. The fraction of sp³-hybridized carbons (Fsp3) is 0.533. The first-order valence-corrected chi connectivity index (χ1v) is 6.58. The molecule has 0 aromatic heterocycles. The van der Waals surface area contributed by atoms with Crippen LogP contribution in [0.3, 0.4) is 0 Å². The molecule has 1 N–H and O–H groups in total. The normalized spacial score (nSPS) is 35.4. The van der Waals surface area contributed by atoms with Gasteiger partial charge in [-0.1, -0.05) is 18.7 Å². The predicted octanol–water partition coefficient (Wildman–Crippen LogP) is 3.02. The van der Waals surface area contributed by atoms with Crippen molar-refractivity contribution in [2.75, 3.05) is 0 Å². The largest absolute Gasteiger partial charge is 0.454 e. The summed E-state index contributed by atoms with van der Waals surface area (Å²) in [6.07, 6.45) is 4.32. The Morgan fingerprint density at radius 3 is 2.79 bits per heavy atom. The summed E-state index contributed by atoms with van der Waals surface area (Å²) in [4.78, 5) is 16.1. The van der Waals surface area contributed by atoms with Crippen molar-refractivity contribution < 1.29 is 19.7 Å². The van der Waals surface area contributed by atoms with E-state index in [9.17, 15) is 4.79 Å². The van der Waals surface area contributed by atoms with E-state index in [4.69, 9.17) is 9.99 Å². The molecule has 0 radical (unpaired) electrons. The van der Waals surface area contributed by atoms with Crippen LogP contribution in [0, 0.1) is 5.92 Å². The Labute approximate surface area is 113 Å². The van der Waals surface area contributed by atoms with Gasteiger partial charge >= 0.3 is 5.97 Å². The fourth-order valence-electron chi connectivity index (χ4n) is 2.68. The van der Waals surface area contributed by atoms with Gasteiger partial charge < -0.3 is 4.74 Å². The lowest BCUT2D eigenvalue weighted by Gasteiger charge is -2.22. The van der Waals surface area contributed by atoms with Gasteiger partial charge in [-0.3, -0.25) is 5.26 Å². The molecule has 2 aliphatic rings. The van der Waals surface area contributed by atoms with Gasteiger partial charge in [-0.05, 0) is 44.3 Å². The van der Waals surface area contributed by atoms with Crippen LogP contribution >= 0.6 is 0 Å². The SMILES string of the molecule is C=C1CC[C@H]2C(=C)C(=O)O[C@H]2/C=C(\C)CC[C@H]1OO. The minimum atomic E-state index is -0.341. The molecule has 4 nitrogen and oxygen atoms in total. The second-order valence-corrected chi connectivity index (χ2v) is 5.34. The molecular weight excluding hydrogens is 244 g/mol. The third-order valence-corrected chi connectivity index (χ3v) is 3.96. The third kappa shape index (κ3) is 2.96. The average molecular weight is 264 g/mol. The zero-order valence-electron chi connectivity index (χ0n) is 11.2. The van der Waals surface area contributed by atoms with Crippen LogP contribution in [0.2, 0.25) is 0 Å². The highest BCUT2D eigenvalue weighted by atomic mass is 17.1. The second-order valence-electron chi connectivity index (χ2n) is 5.34. The van der Waals surface area contributed by atoms with Gasteiger partial charge in [0.15, 0.2) is 0 Å². The molecule has 1 fully saturated rings. The van der Waals surface area contributed by atoms with E-state index in [1.807, 2.05) is 13.0 Å². The molecule has 1 heterocycles. The van der Waals surface area contributed by atoms with Gasteiger partial charge in [0.2, 0.25) is 0 Å². The number of hydrogen-bond acceptors (Lipinski definition) is 4. The Kier molecular flexibility index (Phi) is 4.22. The Morgan fingerprint density at radius 1 is 1.37 bits per heavy atom. The fourth-order valence-corrected chi connectivity index (χ4v) is 2.68. The average Bonchev–Trinajstić information content (AvgIpc) is 2.63. The van der Waals surface area contributed by atoms with Gasteiger partial charge in [0.1, 0.15) is 12.2 Å². The molecule has 0 spiro atoms. The van der Waals surface area contributed by atoms with E-state index in [1.54, 1.807) is 0 Å². The van der Waals surface area contributed by atoms with Gasteiger partial charge in [0, 0.05) is 11.5 Å². The first-order chi connectivity index (χ1) is 9.02. The molecule has 3 atom stereocenters. The summed E-state index contributed by atoms with van der Waals surface area (Å²) in [7, 11) is 0. The van der Waals surface area contributed by atoms with Gasteiger partial charge in [-0.2, -0.15) is 0 Å². The number of hydrogen-bond donors (Lipinski definition) is 1. The minimum absolute atomic E-state index is 0.00311.